The number of nitrogens with one attached hydrogen (secondary N) is 2. The second-order valence-electron chi connectivity index (χ2n) is 6.54. The molecule has 2 atom stereocenters. The third-order valence-electron chi connectivity index (χ3n) is 4.15. The minimum absolute atomic E-state index is 0.00520. The molecule has 0 aromatic heterocycles. The Morgan fingerprint density at radius 3 is 2.23 bits per heavy atom. The van der Waals surface area contributed by atoms with Gasteiger partial charge in [-0.2, -0.15) is 0 Å². The molecule has 0 saturated carbocycles. The summed E-state index contributed by atoms with van der Waals surface area (Å²) in [7, 11) is 2.97. The first-order valence-corrected chi connectivity index (χ1v) is 8.69. The lowest BCUT2D eigenvalue weighted by Crippen LogP contribution is -2.49. The molecule has 1 aromatic rings. The number of rotatable bonds is 9. The van der Waals surface area contributed by atoms with Crippen LogP contribution in [0.1, 0.15) is 25.8 Å². The van der Waals surface area contributed by atoms with Crippen molar-refractivity contribution in [3.8, 4) is 0 Å². The Morgan fingerprint density at radius 2 is 1.69 bits per heavy atom. The third kappa shape index (κ3) is 7.23. The fourth-order valence-electron chi connectivity index (χ4n) is 2.40. The van der Waals surface area contributed by atoms with Gasteiger partial charge >= 0.3 is 5.97 Å². The van der Waals surface area contributed by atoms with E-state index in [-0.39, 0.29) is 30.8 Å². The lowest BCUT2D eigenvalue weighted by atomic mass is 9.99. The van der Waals surface area contributed by atoms with E-state index >= 15 is 0 Å². The van der Waals surface area contributed by atoms with Crippen molar-refractivity contribution in [2.45, 2.75) is 33.2 Å². The number of likely N-dealkylation sites (N-methyl/N-ethyl adjacent to an activating group) is 1. The van der Waals surface area contributed by atoms with Gasteiger partial charge in [-0.05, 0) is 32.0 Å². The average Bonchev–Trinajstić information content (AvgIpc) is 2.60. The second kappa shape index (κ2) is 10.6. The Morgan fingerprint density at radius 1 is 1.12 bits per heavy atom. The highest BCUT2D eigenvalue weighted by atomic mass is 16.5. The molecule has 7 heteroatoms. The first kappa shape index (κ1) is 21.6. The molecule has 0 spiro atoms. The van der Waals surface area contributed by atoms with Gasteiger partial charge in [0, 0.05) is 5.69 Å². The maximum atomic E-state index is 12.2. The number of carbonyl (C=O) groups excluding carboxylic acids is 3. The van der Waals surface area contributed by atoms with Gasteiger partial charge in [0.05, 0.1) is 20.2 Å². The van der Waals surface area contributed by atoms with Gasteiger partial charge in [0.2, 0.25) is 11.8 Å². The molecular weight excluding hydrogens is 334 g/mol. The topological polar surface area (TPSA) is 87.7 Å². The summed E-state index contributed by atoms with van der Waals surface area (Å²) in [6, 6.07) is 6.79. The van der Waals surface area contributed by atoms with Crippen LogP contribution in [0, 0.1) is 12.8 Å². The number of hydrogen-bond donors (Lipinski definition) is 2. The zero-order valence-electron chi connectivity index (χ0n) is 16.2. The van der Waals surface area contributed by atoms with E-state index in [9.17, 15) is 14.4 Å². The van der Waals surface area contributed by atoms with Crippen molar-refractivity contribution in [3.05, 3.63) is 29.8 Å². The van der Waals surface area contributed by atoms with Crippen molar-refractivity contribution < 1.29 is 19.1 Å². The lowest BCUT2D eigenvalue weighted by molar-refractivity contribution is -0.146. The maximum Gasteiger partial charge on any atom is 0.328 e. The zero-order chi connectivity index (χ0) is 19.7. The highest BCUT2D eigenvalue weighted by Gasteiger charge is 2.27. The third-order valence-corrected chi connectivity index (χ3v) is 4.15. The number of benzene rings is 1. The van der Waals surface area contributed by atoms with Crippen LogP contribution in [-0.2, 0) is 19.1 Å². The average molecular weight is 363 g/mol. The van der Waals surface area contributed by atoms with Crippen LogP contribution >= 0.6 is 0 Å². The molecule has 0 saturated heterocycles. The van der Waals surface area contributed by atoms with Crippen LogP contribution in [0.2, 0.25) is 0 Å². The molecule has 0 aliphatic rings. The lowest BCUT2D eigenvalue weighted by Gasteiger charge is -2.23. The maximum absolute atomic E-state index is 12.2. The van der Waals surface area contributed by atoms with Crippen LogP contribution in [0.5, 0.6) is 0 Å². The molecule has 26 heavy (non-hydrogen) atoms. The molecule has 0 unspecified atom stereocenters. The molecule has 0 fully saturated rings. The van der Waals surface area contributed by atoms with Crippen molar-refractivity contribution >= 4 is 23.5 Å². The minimum Gasteiger partial charge on any atom is -0.467 e. The van der Waals surface area contributed by atoms with E-state index in [0.717, 1.165) is 12.0 Å². The van der Waals surface area contributed by atoms with Crippen molar-refractivity contribution in [2.24, 2.45) is 5.92 Å². The quantitative estimate of drug-likeness (QED) is 0.650. The largest absolute Gasteiger partial charge is 0.467 e. The molecule has 0 aliphatic heterocycles. The van der Waals surface area contributed by atoms with Gasteiger partial charge in [-0.1, -0.05) is 38.0 Å². The molecule has 2 amide bonds. The molecular formula is C19H29N3O4. The molecule has 0 bridgehead atoms. The Hall–Kier alpha value is -2.41. The second-order valence-corrected chi connectivity index (χ2v) is 6.54. The smallest absolute Gasteiger partial charge is 0.328 e. The van der Waals surface area contributed by atoms with Crippen LogP contribution in [0.25, 0.3) is 0 Å². The molecule has 0 aliphatic carbocycles. The van der Waals surface area contributed by atoms with Gasteiger partial charge in [0.1, 0.15) is 6.04 Å². The Kier molecular flexibility index (Phi) is 8.78. The first-order chi connectivity index (χ1) is 12.3. The summed E-state index contributed by atoms with van der Waals surface area (Å²) in [5.74, 6) is -1.05. The number of methoxy groups -OCH3 is 1. The Balaban J connectivity index is 2.50. The number of esters is 1. The van der Waals surface area contributed by atoms with Crippen molar-refractivity contribution in [2.75, 3.05) is 32.6 Å². The molecule has 0 radical (unpaired) electrons. The summed E-state index contributed by atoms with van der Waals surface area (Å²) in [6.45, 7) is 5.85. The van der Waals surface area contributed by atoms with Crippen molar-refractivity contribution in [3.63, 3.8) is 0 Å². The zero-order valence-corrected chi connectivity index (χ0v) is 16.2. The van der Waals surface area contributed by atoms with E-state index in [1.54, 1.807) is 11.9 Å². The molecule has 1 rings (SSSR count). The summed E-state index contributed by atoms with van der Waals surface area (Å²) >= 11 is 0. The summed E-state index contributed by atoms with van der Waals surface area (Å²) in [6.07, 6.45) is 0.731. The Labute approximate surface area is 155 Å². The monoisotopic (exact) mass is 363 g/mol. The van der Waals surface area contributed by atoms with E-state index in [2.05, 4.69) is 10.6 Å². The van der Waals surface area contributed by atoms with Crippen molar-refractivity contribution in [1.29, 1.82) is 0 Å². The van der Waals surface area contributed by atoms with E-state index in [1.165, 1.54) is 7.11 Å². The molecule has 7 nitrogen and oxygen atoms in total. The number of anilines is 1. The number of ether oxygens (including phenoxy) is 1. The van der Waals surface area contributed by atoms with E-state index < -0.39 is 12.0 Å². The van der Waals surface area contributed by atoms with Gasteiger partial charge in [0.25, 0.3) is 0 Å². The predicted octanol–water partition coefficient (Wildman–Crippen LogP) is 1.57. The van der Waals surface area contributed by atoms with Crippen LogP contribution in [0.15, 0.2) is 24.3 Å². The highest BCUT2D eigenvalue weighted by molar-refractivity contribution is 5.92. The van der Waals surface area contributed by atoms with Gasteiger partial charge in [-0.25, -0.2) is 4.79 Å². The van der Waals surface area contributed by atoms with Crippen LogP contribution < -0.4 is 10.6 Å². The number of hydrogen-bond acceptors (Lipinski definition) is 5. The van der Waals surface area contributed by atoms with E-state index in [4.69, 9.17) is 4.74 Å². The summed E-state index contributed by atoms with van der Waals surface area (Å²) in [5, 5.41) is 5.47. The predicted molar refractivity (Wildman–Crippen MR) is 101 cm³/mol. The number of aryl methyl sites for hydroxylation is 1. The van der Waals surface area contributed by atoms with Gasteiger partial charge in [-0.15, -0.1) is 0 Å². The SMILES string of the molecule is CC[C@@H](C)[C@H](NC(=O)CN(C)CC(=O)Nc1ccc(C)cc1)C(=O)OC. The van der Waals surface area contributed by atoms with Gasteiger partial charge < -0.3 is 15.4 Å². The van der Waals surface area contributed by atoms with Crippen LogP contribution in [0.4, 0.5) is 5.69 Å². The van der Waals surface area contributed by atoms with Gasteiger partial charge in [0.15, 0.2) is 0 Å². The molecule has 0 heterocycles. The minimum atomic E-state index is -0.688. The Bertz CT molecular complexity index is 616. The summed E-state index contributed by atoms with van der Waals surface area (Å²) < 4.78 is 4.75. The standard InChI is InChI=1S/C19H29N3O4/c1-6-14(3)18(19(25)26-5)21-17(24)12-22(4)11-16(23)20-15-9-7-13(2)8-10-15/h7-10,14,18H,6,11-12H2,1-5H3,(H,20,23)(H,21,24)/t14-,18+/m1/s1. The normalized spacial score (nSPS) is 13.0. The number of carbonyl (C=O) groups is 3. The van der Waals surface area contributed by atoms with E-state index in [1.807, 2.05) is 45.0 Å². The highest BCUT2D eigenvalue weighted by Crippen LogP contribution is 2.10. The fraction of sp³-hybridized carbons (Fsp3) is 0.526. The summed E-state index contributed by atoms with van der Waals surface area (Å²) in [4.78, 5) is 37.7. The van der Waals surface area contributed by atoms with Crippen molar-refractivity contribution in [1.82, 2.24) is 10.2 Å². The van der Waals surface area contributed by atoms with Crippen LogP contribution in [0.3, 0.4) is 0 Å². The van der Waals surface area contributed by atoms with Gasteiger partial charge in [-0.3, -0.25) is 14.5 Å². The fourth-order valence-corrected chi connectivity index (χ4v) is 2.40. The van der Waals surface area contributed by atoms with E-state index in [0.29, 0.717) is 5.69 Å². The first-order valence-electron chi connectivity index (χ1n) is 8.69. The molecule has 2 N–H and O–H groups in total. The number of nitrogens with zero attached hydrogens (tertiary/aromatic N) is 1. The number of amides is 2. The molecule has 144 valence electrons. The van der Waals surface area contributed by atoms with Crippen LogP contribution in [-0.4, -0.2) is 56.0 Å². The molecule has 1 aromatic carbocycles. The summed E-state index contributed by atoms with van der Waals surface area (Å²) in [5.41, 5.74) is 1.82.